The lowest BCUT2D eigenvalue weighted by Gasteiger charge is -2.15. The fraction of sp³-hybridized carbons (Fsp3) is 0.450. The second-order valence-corrected chi connectivity index (χ2v) is 9.93. The number of likely N-dealkylation sites (N-methyl/N-ethyl adjacent to an activating group) is 1. The maximum Gasteiger partial charge on any atom is 0.279 e. The summed E-state index contributed by atoms with van der Waals surface area (Å²) in [6.07, 6.45) is 0.594. The van der Waals surface area contributed by atoms with Crippen LogP contribution in [0.2, 0.25) is 0 Å². The van der Waals surface area contributed by atoms with E-state index in [4.69, 9.17) is 5.26 Å². The molecule has 154 valence electrons. The number of sulfone groups is 1. The number of benzene rings is 1. The Morgan fingerprint density at radius 3 is 2.83 bits per heavy atom. The van der Waals surface area contributed by atoms with Crippen molar-refractivity contribution in [3.63, 3.8) is 0 Å². The van der Waals surface area contributed by atoms with Crippen LogP contribution in [0, 0.1) is 25.2 Å². The van der Waals surface area contributed by atoms with Crippen molar-refractivity contribution in [2.24, 2.45) is 0 Å². The van der Waals surface area contributed by atoms with E-state index in [0.717, 1.165) is 21.9 Å². The minimum Gasteiger partial charge on any atom is -0.326 e. The second-order valence-electron chi connectivity index (χ2n) is 7.70. The number of aromatic nitrogens is 2. The highest BCUT2D eigenvalue weighted by Crippen LogP contribution is 2.26. The largest absolute Gasteiger partial charge is 0.326 e. The first kappa shape index (κ1) is 21.0. The third-order valence-electron chi connectivity index (χ3n) is 5.25. The summed E-state index contributed by atoms with van der Waals surface area (Å²) in [5.41, 5.74) is 3.98. The van der Waals surface area contributed by atoms with Crippen LogP contribution in [0.4, 0.5) is 5.69 Å². The number of hydrogen-bond acceptors (Lipinski definition) is 5. The normalized spacial score (nSPS) is 18.9. The van der Waals surface area contributed by atoms with Crippen LogP contribution in [0.15, 0.2) is 24.3 Å². The van der Waals surface area contributed by atoms with Gasteiger partial charge in [0.2, 0.25) is 0 Å². The zero-order valence-corrected chi connectivity index (χ0v) is 17.7. The monoisotopic (exact) mass is 416 g/mol. The van der Waals surface area contributed by atoms with Crippen LogP contribution in [0.25, 0.3) is 0 Å². The van der Waals surface area contributed by atoms with Gasteiger partial charge in [-0.25, -0.2) is 8.42 Å². The standard InChI is InChI=1S/C20H25N5O3S/c1-14-19(15(2)25(23-14)18-7-8-29(27,28)13-18)11-24(3)12-20(26)22-17-6-4-5-16(9-17)10-21/h4-6,9,18H,7-8,11-13H2,1-3H3,(H,22,26)/p+1/t18-/m1/s1. The van der Waals surface area contributed by atoms with Gasteiger partial charge < -0.3 is 10.2 Å². The van der Waals surface area contributed by atoms with Gasteiger partial charge in [0.15, 0.2) is 16.4 Å². The number of nitrogens with zero attached hydrogens (tertiary/aromatic N) is 3. The van der Waals surface area contributed by atoms with Gasteiger partial charge >= 0.3 is 0 Å². The molecule has 2 heterocycles. The molecular formula is C20H26N5O3S+. The second kappa shape index (κ2) is 8.35. The molecule has 1 fully saturated rings. The molecule has 2 atom stereocenters. The van der Waals surface area contributed by atoms with Crippen LogP contribution in [-0.2, 0) is 21.2 Å². The minimum absolute atomic E-state index is 0.108. The Labute approximate surface area is 171 Å². The molecule has 1 amide bonds. The molecule has 1 aromatic heterocycles. The summed E-state index contributed by atoms with van der Waals surface area (Å²) in [5.74, 6) is 0.215. The predicted octanol–water partition coefficient (Wildman–Crippen LogP) is 0.385. The smallest absolute Gasteiger partial charge is 0.279 e. The summed E-state index contributed by atoms with van der Waals surface area (Å²) in [6, 6.07) is 8.76. The number of nitrogens with one attached hydrogen (secondary N) is 2. The topological polar surface area (TPSA) is 109 Å². The van der Waals surface area contributed by atoms with Crippen LogP contribution in [0.3, 0.4) is 0 Å². The molecular weight excluding hydrogens is 390 g/mol. The number of hydrogen-bond donors (Lipinski definition) is 2. The Balaban J connectivity index is 1.64. The number of carbonyl (C=O) groups is 1. The molecule has 1 aliphatic heterocycles. The van der Waals surface area contributed by atoms with Gasteiger partial charge in [-0.15, -0.1) is 0 Å². The third-order valence-corrected chi connectivity index (χ3v) is 7.00. The van der Waals surface area contributed by atoms with Crippen molar-refractivity contribution in [2.75, 3.05) is 30.4 Å². The first-order valence-corrected chi connectivity index (χ1v) is 11.4. The molecule has 1 aromatic carbocycles. The van der Waals surface area contributed by atoms with Crippen molar-refractivity contribution in [1.29, 1.82) is 5.26 Å². The van der Waals surface area contributed by atoms with Crippen molar-refractivity contribution in [1.82, 2.24) is 9.78 Å². The summed E-state index contributed by atoms with van der Waals surface area (Å²) in [4.78, 5) is 13.4. The van der Waals surface area contributed by atoms with Crippen LogP contribution in [-0.4, -0.2) is 49.2 Å². The summed E-state index contributed by atoms with van der Waals surface area (Å²) < 4.78 is 25.4. The fourth-order valence-corrected chi connectivity index (χ4v) is 5.48. The van der Waals surface area contributed by atoms with Crippen molar-refractivity contribution in [2.45, 2.75) is 32.9 Å². The van der Waals surface area contributed by atoms with E-state index < -0.39 is 9.84 Å². The van der Waals surface area contributed by atoms with Gasteiger partial charge in [-0.3, -0.25) is 9.48 Å². The molecule has 2 aromatic rings. The third kappa shape index (κ3) is 5.02. The number of aryl methyl sites for hydroxylation is 1. The van der Waals surface area contributed by atoms with Crippen LogP contribution in [0.1, 0.15) is 35.0 Å². The summed E-state index contributed by atoms with van der Waals surface area (Å²) in [6.45, 7) is 4.76. The zero-order valence-electron chi connectivity index (χ0n) is 16.9. The lowest BCUT2D eigenvalue weighted by atomic mass is 10.1. The number of quaternary nitrogens is 1. The Morgan fingerprint density at radius 1 is 1.41 bits per heavy atom. The first-order valence-electron chi connectivity index (χ1n) is 9.55. The lowest BCUT2D eigenvalue weighted by Crippen LogP contribution is -3.08. The van der Waals surface area contributed by atoms with Gasteiger partial charge in [-0.2, -0.15) is 10.4 Å². The molecule has 0 saturated carbocycles. The molecule has 0 radical (unpaired) electrons. The van der Waals surface area contributed by atoms with E-state index in [9.17, 15) is 13.2 Å². The molecule has 0 aliphatic carbocycles. The maximum atomic E-state index is 12.4. The summed E-state index contributed by atoms with van der Waals surface area (Å²) in [5, 5.41) is 16.4. The van der Waals surface area contributed by atoms with Crippen LogP contribution >= 0.6 is 0 Å². The highest BCUT2D eigenvalue weighted by Gasteiger charge is 2.31. The van der Waals surface area contributed by atoms with E-state index in [-0.39, 0.29) is 30.0 Å². The molecule has 1 unspecified atom stereocenters. The number of carbonyl (C=O) groups excluding carboxylic acids is 1. The highest BCUT2D eigenvalue weighted by atomic mass is 32.2. The maximum absolute atomic E-state index is 12.4. The van der Waals surface area contributed by atoms with E-state index in [2.05, 4.69) is 16.5 Å². The van der Waals surface area contributed by atoms with Gasteiger partial charge in [-0.1, -0.05) is 6.07 Å². The van der Waals surface area contributed by atoms with Crippen LogP contribution in [0.5, 0.6) is 0 Å². The molecule has 3 rings (SSSR count). The molecule has 2 N–H and O–H groups in total. The van der Waals surface area contributed by atoms with E-state index in [1.165, 1.54) is 0 Å². The van der Waals surface area contributed by atoms with Crippen LogP contribution < -0.4 is 10.2 Å². The minimum atomic E-state index is -2.98. The molecule has 29 heavy (non-hydrogen) atoms. The highest BCUT2D eigenvalue weighted by molar-refractivity contribution is 7.91. The average molecular weight is 417 g/mol. The average Bonchev–Trinajstić information content (AvgIpc) is 3.15. The van der Waals surface area contributed by atoms with Crippen molar-refractivity contribution in [3.8, 4) is 6.07 Å². The van der Waals surface area contributed by atoms with Gasteiger partial charge in [0.05, 0.1) is 47.5 Å². The number of amides is 1. The van der Waals surface area contributed by atoms with Gasteiger partial charge in [0.25, 0.3) is 5.91 Å². The number of rotatable bonds is 6. The zero-order chi connectivity index (χ0) is 21.2. The fourth-order valence-electron chi connectivity index (χ4n) is 3.79. The molecule has 1 saturated heterocycles. The molecule has 9 heteroatoms. The van der Waals surface area contributed by atoms with Gasteiger partial charge in [-0.05, 0) is 38.5 Å². The Hall–Kier alpha value is -2.70. The lowest BCUT2D eigenvalue weighted by molar-refractivity contribution is -0.885. The number of nitriles is 1. The van der Waals surface area contributed by atoms with Crippen molar-refractivity contribution < 1.29 is 18.1 Å². The predicted molar refractivity (Wildman–Crippen MR) is 109 cm³/mol. The summed E-state index contributed by atoms with van der Waals surface area (Å²) in [7, 11) is -1.04. The number of anilines is 1. The molecule has 8 nitrogen and oxygen atoms in total. The van der Waals surface area contributed by atoms with E-state index >= 15 is 0 Å². The SMILES string of the molecule is Cc1nn([C@@H]2CCS(=O)(=O)C2)c(C)c1C[NH+](C)CC(=O)Nc1cccc(C#N)c1. The Kier molecular flexibility index (Phi) is 6.05. The Bertz CT molecular complexity index is 1070. The molecule has 1 aliphatic rings. The molecule has 0 bridgehead atoms. The quantitative estimate of drug-likeness (QED) is 0.708. The van der Waals surface area contributed by atoms with Crippen molar-refractivity contribution in [3.05, 3.63) is 46.8 Å². The Morgan fingerprint density at radius 2 is 2.17 bits per heavy atom. The van der Waals surface area contributed by atoms with E-state index in [1.54, 1.807) is 24.3 Å². The van der Waals surface area contributed by atoms with E-state index in [1.807, 2.05) is 25.6 Å². The van der Waals surface area contributed by atoms with E-state index in [0.29, 0.717) is 24.2 Å². The van der Waals surface area contributed by atoms with Crippen molar-refractivity contribution >= 4 is 21.4 Å². The van der Waals surface area contributed by atoms with Gasteiger partial charge in [0.1, 0.15) is 6.54 Å². The molecule has 0 spiro atoms. The summed E-state index contributed by atoms with van der Waals surface area (Å²) >= 11 is 0. The van der Waals surface area contributed by atoms with Gasteiger partial charge in [0, 0.05) is 11.4 Å². The first-order chi connectivity index (χ1) is 13.7.